The monoisotopic (exact) mass is 582 g/mol. The second-order valence-electron chi connectivity index (χ2n) is 11.5. The maximum atomic E-state index is 13.6. The number of amides is 1. The molecule has 0 saturated carbocycles. The smallest absolute Gasteiger partial charge is 0.338 e. The molecule has 43 heavy (non-hydrogen) atoms. The summed E-state index contributed by atoms with van der Waals surface area (Å²) in [5, 5.41) is 11.0. The number of hydrogen-bond donors (Lipinski definition) is 2. The molecular weight excluding hydrogens is 544 g/mol. The van der Waals surface area contributed by atoms with E-state index < -0.39 is 11.6 Å². The van der Waals surface area contributed by atoms with Crippen molar-refractivity contribution in [2.45, 2.75) is 65.9 Å². The summed E-state index contributed by atoms with van der Waals surface area (Å²) in [5.41, 5.74) is 7.19. The van der Waals surface area contributed by atoms with Crippen LogP contribution in [-0.4, -0.2) is 44.3 Å². The highest BCUT2D eigenvalue weighted by atomic mass is 16.6. The van der Waals surface area contributed by atoms with E-state index in [0.29, 0.717) is 41.5 Å². The molecular formula is C33H38N6O4. The quantitative estimate of drug-likeness (QED) is 0.241. The standard InChI is InChI=1S/C33H38N6O4/c1-8-19-11-10-12-20(9-2)26(19)36-30(40)28-23-15-13-22-18-34-32(37-27(22)29(23)39(6)38-28)35-24-16-14-21(17-25(24)42-7)31(41)43-33(3,4)5/h10-12,14,16-18H,8-9,13,15H2,1-7H3,(H,36,40)(H,34,35,37). The van der Waals surface area contributed by atoms with Crippen molar-refractivity contribution < 1.29 is 19.1 Å². The predicted octanol–water partition coefficient (Wildman–Crippen LogP) is 6.06. The van der Waals surface area contributed by atoms with Crippen molar-refractivity contribution in [3.8, 4) is 17.1 Å². The maximum absolute atomic E-state index is 13.6. The number of nitrogens with zero attached hydrogens (tertiary/aromatic N) is 4. The highest BCUT2D eigenvalue weighted by Crippen LogP contribution is 2.36. The summed E-state index contributed by atoms with van der Waals surface area (Å²) in [6.45, 7) is 9.63. The summed E-state index contributed by atoms with van der Waals surface area (Å²) in [5.74, 6) is 0.142. The summed E-state index contributed by atoms with van der Waals surface area (Å²) >= 11 is 0. The summed E-state index contributed by atoms with van der Waals surface area (Å²) in [7, 11) is 3.36. The lowest BCUT2D eigenvalue weighted by molar-refractivity contribution is 0.00691. The fourth-order valence-corrected chi connectivity index (χ4v) is 5.35. The van der Waals surface area contributed by atoms with Crippen LogP contribution in [0.2, 0.25) is 0 Å². The number of carbonyl (C=O) groups is 2. The lowest BCUT2D eigenvalue weighted by Gasteiger charge is -2.20. The van der Waals surface area contributed by atoms with E-state index in [0.717, 1.165) is 52.2 Å². The minimum absolute atomic E-state index is 0.224. The molecule has 0 bridgehead atoms. The first-order chi connectivity index (χ1) is 20.5. The lowest BCUT2D eigenvalue weighted by Crippen LogP contribution is -2.23. The Labute approximate surface area is 251 Å². The molecule has 2 aromatic heterocycles. The molecule has 2 aromatic carbocycles. The number of ether oxygens (including phenoxy) is 2. The van der Waals surface area contributed by atoms with Crippen LogP contribution in [0.3, 0.4) is 0 Å². The molecule has 224 valence electrons. The first-order valence-corrected chi connectivity index (χ1v) is 14.6. The van der Waals surface area contributed by atoms with Gasteiger partial charge in [0.2, 0.25) is 5.95 Å². The molecule has 0 spiro atoms. The van der Waals surface area contributed by atoms with Gasteiger partial charge in [0.05, 0.1) is 29.7 Å². The van der Waals surface area contributed by atoms with Gasteiger partial charge in [-0.25, -0.2) is 14.8 Å². The largest absolute Gasteiger partial charge is 0.495 e. The van der Waals surface area contributed by atoms with Crippen LogP contribution in [0.25, 0.3) is 11.4 Å². The fourth-order valence-electron chi connectivity index (χ4n) is 5.35. The van der Waals surface area contributed by atoms with E-state index in [2.05, 4.69) is 34.6 Å². The second-order valence-corrected chi connectivity index (χ2v) is 11.5. The van der Waals surface area contributed by atoms with Gasteiger partial charge < -0.3 is 20.1 Å². The number of methoxy groups -OCH3 is 1. The maximum Gasteiger partial charge on any atom is 0.338 e. The van der Waals surface area contributed by atoms with E-state index in [9.17, 15) is 9.59 Å². The van der Waals surface area contributed by atoms with Gasteiger partial charge in [-0.1, -0.05) is 32.0 Å². The van der Waals surface area contributed by atoms with Crippen LogP contribution in [0.4, 0.5) is 17.3 Å². The third-order valence-electron chi connectivity index (χ3n) is 7.41. The van der Waals surface area contributed by atoms with Gasteiger partial charge in [0.15, 0.2) is 5.69 Å². The first kappa shape index (κ1) is 29.8. The number of fused-ring (bicyclic) bond motifs is 3. The van der Waals surface area contributed by atoms with Crippen molar-refractivity contribution >= 4 is 29.2 Å². The summed E-state index contributed by atoms with van der Waals surface area (Å²) in [6.07, 6.45) is 4.78. The zero-order valence-corrected chi connectivity index (χ0v) is 25.8. The zero-order valence-electron chi connectivity index (χ0n) is 25.8. The molecule has 2 N–H and O–H groups in total. The topological polar surface area (TPSA) is 120 Å². The highest BCUT2D eigenvalue weighted by molar-refractivity contribution is 6.06. The van der Waals surface area contributed by atoms with Crippen molar-refractivity contribution in [3.63, 3.8) is 0 Å². The van der Waals surface area contributed by atoms with Gasteiger partial charge in [-0.2, -0.15) is 5.10 Å². The van der Waals surface area contributed by atoms with E-state index in [1.165, 1.54) is 7.11 Å². The number of carbonyl (C=O) groups excluding carboxylic acids is 2. The van der Waals surface area contributed by atoms with Crippen molar-refractivity contribution in [2.24, 2.45) is 7.05 Å². The predicted molar refractivity (Wildman–Crippen MR) is 166 cm³/mol. The number of rotatable bonds is 8. The van der Waals surface area contributed by atoms with Crippen molar-refractivity contribution in [2.75, 3.05) is 17.7 Å². The van der Waals surface area contributed by atoms with Crippen molar-refractivity contribution in [1.82, 2.24) is 19.7 Å². The van der Waals surface area contributed by atoms with E-state index in [1.54, 1.807) is 29.1 Å². The highest BCUT2D eigenvalue weighted by Gasteiger charge is 2.29. The number of aryl methyl sites for hydroxylation is 4. The van der Waals surface area contributed by atoms with Gasteiger partial charge in [0.25, 0.3) is 5.91 Å². The number of para-hydroxylation sites is 1. The average molecular weight is 583 g/mol. The Kier molecular flexibility index (Phi) is 8.21. The molecule has 1 amide bonds. The average Bonchev–Trinajstić information content (AvgIpc) is 3.33. The van der Waals surface area contributed by atoms with E-state index >= 15 is 0 Å². The molecule has 0 fully saturated rings. The van der Waals surface area contributed by atoms with Gasteiger partial charge in [0, 0.05) is 24.5 Å². The van der Waals surface area contributed by atoms with E-state index in [4.69, 9.17) is 14.5 Å². The van der Waals surface area contributed by atoms with Gasteiger partial charge in [-0.3, -0.25) is 9.48 Å². The number of esters is 1. The molecule has 10 heteroatoms. The number of anilines is 3. The Hall–Kier alpha value is -4.73. The molecule has 10 nitrogen and oxygen atoms in total. The van der Waals surface area contributed by atoms with Gasteiger partial charge >= 0.3 is 5.97 Å². The first-order valence-electron chi connectivity index (χ1n) is 14.6. The lowest BCUT2D eigenvalue weighted by atomic mass is 9.93. The molecule has 0 saturated heterocycles. The molecule has 4 aromatic rings. The number of hydrogen-bond acceptors (Lipinski definition) is 8. The summed E-state index contributed by atoms with van der Waals surface area (Å²) in [6, 6.07) is 11.2. The van der Waals surface area contributed by atoms with E-state index in [1.807, 2.05) is 46.0 Å². The van der Waals surface area contributed by atoms with Crippen LogP contribution < -0.4 is 15.4 Å². The van der Waals surface area contributed by atoms with Crippen LogP contribution >= 0.6 is 0 Å². The molecule has 1 aliphatic carbocycles. The molecule has 1 aliphatic rings. The normalized spacial score (nSPS) is 12.3. The summed E-state index contributed by atoms with van der Waals surface area (Å²) < 4.78 is 12.8. The minimum Gasteiger partial charge on any atom is -0.495 e. The number of nitrogens with one attached hydrogen (secondary N) is 2. The Balaban J connectivity index is 1.44. The number of aromatic nitrogens is 4. The van der Waals surface area contributed by atoms with Crippen LogP contribution in [0.5, 0.6) is 5.75 Å². The van der Waals surface area contributed by atoms with Gasteiger partial charge in [-0.05, 0) is 81.3 Å². The Morgan fingerprint density at radius 1 is 1.05 bits per heavy atom. The fraction of sp³-hybridized carbons (Fsp3) is 0.364. The second kappa shape index (κ2) is 11.9. The SMILES string of the molecule is CCc1cccc(CC)c1NC(=O)c1nn(C)c2c1CCc1cnc(Nc3ccc(C(=O)OC(C)(C)C)cc3OC)nc1-2. The van der Waals surface area contributed by atoms with Crippen LogP contribution in [0.15, 0.2) is 42.6 Å². The zero-order chi connectivity index (χ0) is 30.9. The molecule has 0 aliphatic heterocycles. The third kappa shape index (κ3) is 6.09. The van der Waals surface area contributed by atoms with Crippen LogP contribution in [0, 0.1) is 0 Å². The van der Waals surface area contributed by atoms with E-state index in [-0.39, 0.29) is 5.91 Å². The van der Waals surface area contributed by atoms with Crippen molar-refractivity contribution in [3.05, 3.63) is 76.1 Å². The molecule has 0 atom stereocenters. The van der Waals surface area contributed by atoms with Gasteiger partial charge in [-0.15, -0.1) is 0 Å². The summed E-state index contributed by atoms with van der Waals surface area (Å²) in [4.78, 5) is 35.5. The third-order valence-corrected chi connectivity index (χ3v) is 7.41. The van der Waals surface area contributed by atoms with Gasteiger partial charge in [0.1, 0.15) is 11.4 Å². The molecule has 0 radical (unpaired) electrons. The van der Waals surface area contributed by atoms with Crippen LogP contribution in [-0.2, 0) is 37.5 Å². The Morgan fingerprint density at radius 2 is 1.77 bits per heavy atom. The number of benzene rings is 2. The Morgan fingerprint density at radius 3 is 2.42 bits per heavy atom. The molecule has 2 heterocycles. The molecule has 0 unspecified atom stereocenters. The van der Waals surface area contributed by atoms with Crippen LogP contribution in [0.1, 0.15) is 77.7 Å². The minimum atomic E-state index is -0.609. The molecule has 5 rings (SSSR count). The van der Waals surface area contributed by atoms with Crippen molar-refractivity contribution in [1.29, 1.82) is 0 Å². The Bertz CT molecular complexity index is 1680.